The first kappa shape index (κ1) is 12.0. The highest BCUT2D eigenvalue weighted by Crippen LogP contribution is 2.36. The molecule has 6 heteroatoms. The number of sulfone groups is 1. The van der Waals surface area contributed by atoms with Crippen molar-refractivity contribution < 1.29 is 8.42 Å². The molecule has 1 aliphatic heterocycles. The van der Waals surface area contributed by atoms with E-state index in [-0.39, 0.29) is 17.5 Å². The monoisotopic (exact) mass is 269 g/mol. The molecule has 2 heterocycles. The van der Waals surface area contributed by atoms with Crippen molar-refractivity contribution in [1.29, 1.82) is 0 Å². The first-order chi connectivity index (χ1) is 8.55. The minimum atomic E-state index is -2.87. The number of hydrogen-bond donors (Lipinski definition) is 1. The van der Waals surface area contributed by atoms with Crippen LogP contribution in [0.4, 0.5) is 5.69 Å². The van der Waals surface area contributed by atoms with Crippen LogP contribution in [-0.4, -0.2) is 29.7 Å². The van der Waals surface area contributed by atoms with Crippen molar-refractivity contribution >= 4 is 15.5 Å². The third-order valence-electron chi connectivity index (χ3n) is 4.11. The third-order valence-corrected chi connectivity index (χ3v) is 5.87. The molecule has 2 aliphatic rings. The van der Waals surface area contributed by atoms with Crippen molar-refractivity contribution in [3.05, 3.63) is 11.9 Å². The van der Waals surface area contributed by atoms with E-state index in [1.54, 1.807) is 4.68 Å². The second-order valence-electron chi connectivity index (χ2n) is 5.49. The summed E-state index contributed by atoms with van der Waals surface area (Å²) in [5.74, 6) is 0.957. The zero-order valence-electron chi connectivity index (χ0n) is 10.4. The molecule has 5 nitrogen and oxygen atoms in total. The van der Waals surface area contributed by atoms with Crippen molar-refractivity contribution in [2.75, 3.05) is 17.2 Å². The van der Waals surface area contributed by atoms with Crippen LogP contribution < -0.4 is 5.73 Å². The molecule has 18 heavy (non-hydrogen) atoms. The van der Waals surface area contributed by atoms with Gasteiger partial charge in [-0.3, -0.25) is 4.68 Å². The minimum absolute atomic E-state index is 0.0209. The van der Waals surface area contributed by atoms with E-state index in [1.807, 2.05) is 6.20 Å². The Hall–Kier alpha value is -1.04. The summed E-state index contributed by atoms with van der Waals surface area (Å²) < 4.78 is 24.8. The van der Waals surface area contributed by atoms with E-state index in [1.165, 1.54) is 12.8 Å². The molecule has 0 amide bonds. The van der Waals surface area contributed by atoms with Gasteiger partial charge in [-0.15, -0.1) is 0 Å². The second-order valence-corrected chi connectivity index (χ2v) is 7.72. The number of nitrogens with zero attached hydrogens (tertiary/aromatic N) is 2. The van der Waals surface area contributed by atoms with E-state index in [9.17, 15) is 8.42 Å². The van der Waals surface area contributed by atoms with Crippen LogP contribution in [0, 0.1) is 0 Å². The molecule has 0 radical (unpaired) electrons. The van der Waals surface area contributed by atoms with Gasteiger partial charge in [-0.05, 0) is 19.3 Å². The summed E-state index contributed by atoms with van der Waals surface area (Å²) in [6, 6.07) is -0.0209. The van der Waals surface area contributed by atoms with E-state index in [4.69, 9.17) is 5.73 Å². The standard InChI is InChI=1S/C12H19N3O2S/c13-11-7-15(10-5-6-18(16,17)8-10)14-12(11)9-3-1-2-4-9/h7,9-10H,1-6,8,13H2. The van der Waals surface area contributed by atoms with Gasteiger partial charge in [-0.1, -0.05) is 12.8 Å². The second kappa shape index (κ2) is 4.26. The lowest BCUT2D eigenvalue weighted by Crippen LogP contribution is -2.12. The van der Waals surface area contributed by atoms with E-state index in [0.717, 1.165) is 24.2 Å². The molecular formula is C12H19N3O2S. The van der Waals surface area contributed by atoms with Crippen molar-refractivity contribution in [3.8, 4) is 0 Å². The SMILES string of the molecule is Nc1cn(C2CCS(=O)(=O)C2)nc1C1CCCC1. The van der Waals surface area contributed by atoms with E-state index < -0.39 is 9.84 Å². The number of aromatic nitrogens is 2. The highest BCUT2D eigenvalue weighted by molar-refractivity contribution is 7.91. The van der Waals surface area contributed by atoms with Gasteiger partial charge >= 0.3 is 0 Å². The van der Waals surface area contributed by atoms with Gasteiger partial charge in [0.1, 0.15) is 0 Å². The van der Waals surface area contributed by atoms with E-state index in [0.29, 0.717) is 12.3 Å². The van der Waals surface area contributed by atoms with Crippen molar-refractivity contribution in [2.45, 2.75) is 44.1 Å². The molecule has 1 saturated carbocycles. The lowest BCUT2D eigenvalue weighted by molar-refractivity contribution is 0.489. The topological polar surface area (TPSA) is 78.0 Å². The van der Waals surface area contributed by atoms with E-state index >= 15 is 0 Å². The quantitative estimate of drug-likeness (QED) is 0.882. The summed E-state index contributed by atoms with van der Waals surface area (Å²) >= 11 is 0. The van der Waals surface area contributed by atoms with Crippen LogP contribution in [0.15, 0.2) is 6.20 Å². The van der Waals surface area contributed by atoms with Crippen LogP contribution in [0.2, 0.25) is 0 Å². The Kier molecular flexibility index (Phi) is 2.84. The number of nitrogen functional groups attached to an aromatic ring is 1. The molecule has 0 bridgehead atoms. The Morgan fingerprint density at radius 3 is 2.61 bits per heavy atom. The Morgan fingerprint density at radius 2 is 2.00 bits per heavy atom. The first-order valence-corrected chi connectivity index (χ1v) is 8.42. The molecule has 0 spiro atoms. The van der Waals surface area contributed by atoms with Gasteiger partial charge < -0.3 is 5.73 Å². The van der Waals surface area contributed by atoms with Gasteiger partial charge in [-0.2, -0.15) is 5.10 Å². The zero-order chi connectivity index (χ0) is 12.8. The molecule has 100 valence electrons. The molecule has 3 rings (SSSR count). The van der Waals surface area contributed by atoms with Crippen LogP contribution in [0.1, 0.15) is 49.8 Å². The highest BCUT2D eigenvalue weighted by Gasteiger charge is 2.31. The van der Waals surface area contributed by atoms with Crippen LogP contribution in [0.25, 0.3) is 0 Å². The summed E-state index contributed by atoms with van der Waals surface area (Å²) in [5.41, 5.74) is 7.73. The Bertz CT molecular complexity index is 544. The first-order valence-electron chi connectivity index (χ1n) is 6.60. The number of nitrogens with two attached hydrogens (primary N) is 1. The largest absolute Gasteiger partial charge is 0.396 e. The summed E-state index contributed by atoms with van der Waals surface area (Å²) in [4.78, 5) is 0. The minimum Gasteiger partial charge on any atom is -0.396 e. The van der Waals surface area contributed by atoms with Gasteiger partial charge in [0.05, 0.1) is 28.9 Å². The van der Waals surface area contributed by atoms with Crippen LogP contribution in [-0.2, 0) is 9.84 Å². The predicted molar refractivity (Wildman–Crippen MR) is 70.2 cm³/mol. The third kappa shape index (κ3) is 2.13. The molecule has 1 aromatic rings. The fourth-order valence-corrected chi connectivity index (χ4v) is 4.81. The molecule has 1 aromatic heterocycles. The Labute approximate surface area is 107 Å². The lowest BCUT2D eigenvalue weighted by atomic mass is 10.0. The summed E-state index contributed by atoms with van der Waals surface area (Å²) in [7, 11) is -2.87. The number of anilines is 1. The number of hydrogen-bond acceptors (Lipinski definition) is 4. The molecule has 1 unspecified atom stereocenters. The van der Waals surface area contributed by atoms with Gasteiger partial charge in [0.25, 0.3) is 0 Å². The van der Waals surface area contributed by atoms with Crippen LogP contribution in [0.5, 0.6) is 0 Å². The lowest BCUT2D eigenvalue weighted by Gasteiger charge is -2.09. The molecular weight excluding hydrogens is 250 g/mol. The number of rotatable bonds is 2. The normalized spacial score (nSPS) is 27.9. The van der Waals surface area contributed by atoms with Crippen molar-refractivity contribution in [3.63, 3.8) is 0 Å². The molecule has 1 atom stereocenters. The molecule has 1 aliphatic carbocycles. The predicted octanol–water partition coefficient (Wildman–Crippen LogP) is 1.48. The smallest absolute Gasteiger partial charge is 0.152 e. The maximum absolute atomic E-state index is 11.5. The average molecular weight is 269 g/mol. The molecule has 2 fully saturated rings. The Morgan fingerprint density at radius 1 is 1.28 bits per heavy atom. The van der Waals surface area contributed by atoms with E-state index in [2.05, 4.69) is 5.10 Å². The summed E-state index contributed by atoms with van der Waals surface area (Å²) in [6.45, 7) is 0. The van der Waals surface area contributed by atoms with Crippen molar-refractivity contribution in [1.82, 2.24) is 9.78 Å². The van der Waals surface area contributed by atoms with Gasteiger partial charge in [0.2, 0.25) is 0 Å². The maximum atomic E-state index is 11.5. The Balaban J connectivity index is 1.84. The van der Waals surface area contributed by atoms with Gasteiger partial charge in [0.15, 0.2) is 9.84 Å². The fourth-order valence-electron chi connectivity index (χ4n) is 3.11. The zero-order valence-corrected chi connectivity index (χ0v) is 11.2. The highest BCUT2D eigenvalue weighted by atomic mass is 32.2. The van der Waals surface area contributed by atoms with Crippen LogP contribution >= 0.6 is 0 Å². The fraction of sp³-hybridized carbons (Fsp3) is 0.750. The van der Waals surface area contributed by atoms with Gasteiger partial charge in [-0.25, -0.2) is 8.42 Å². The van der Waals surface area contributed by atoms with Crippen molar-refractivity contribution in [2.24, 2.45) is 0 Å². The van der Waals surface area contributed by atoms with Gasteiger partial charge in [0, 0.05) is 12.1 Å². The summed E-state index contributed by atoms with van der Waals surface area (Å²) in [6.07, 6.45) is 7.28. The molecule has 1 saturated heterocycles. The average Bonchev–Trinajstić information content (AvgIpc) is 2.97. The maximum Gasteiger partial charge on any atom is 0.152 e. The molecule has 2 N–H and O–H groups in total. The molecule has 0 aromatic carbocycles. The van der Waals surface area contributed by atoms with Crippen LogP contribution in [0.3, 0.4) is 0 Å². The summed E-state index contributed by atoms with van der Waals surface area (Å²) in [5, 5.41) is 4.57.